The van der Waals surface area contributed by atoms with Gasteiger partial charge in [0, 0.05) is 29.2 Å². The number of nitrogens with one attached hydrogen (secondary N) is 1. The number of hydrogen-bond donors (Lipinski definition) is 1. The van der Waals surface area contributed by atoms with Crippen LogP contribution in [0.25, 0.3) is 0 Å². The summed E-state index contributed by atoms with van der Waals surface area (Å²) in [5, 5.41) is 4.65. The second kappa shape index (κ2) is 6.04. The van der Waals surface area contributed by atoms with Crippen molar-refractivity contribution in [3.8, 4) is 11.5 Å². The highest BCUT2D eigenvalue weighted by Crippen LogP contribution is 2.34. The molecule has 0 saturated heterocycles. The SMILES string of the molecule is COc1ccc(NCc2cc(Cl)cc3c2OCC3)cc1Cl. The summed E-state index contributed by atoms with van der Waals surface area (Å²) in [6.45, 7) is 1.35. The Morgan fingerprint density at radius 2 is 2.10 bits per heavy atom. The van der Waals surface area contributed by atoms with Gasteiger partial charge in [-0.25, -0.2) is 0 Å². The molecule has 1 aliphatic heterocycles. The largest absolute Gasteiger partial charge is 0.495 e. The molecule has 110 valence electrons. The van der Waals surface area contributed by atoms with Crippen LogP contribution in [0.15, 0.2) is 30.3 Å². The van der Waals surface area contributed by atoms with E-state index in [0.717, 1.165) is 35.1 Å². The van der Waals surface area contributed by atoms with E-state index in [9.17, 15) is 0 Å². The van der Waals surface area contributed by atoms with Crippen molar-refractivity contribution in [3.63, 3.8) is 0 Å². The first kappa shape index (κ1) is 14.4. The van der Waals surface area contributed by atoms with E-state index in [2.05, 4.69) is 5.32 Å². The lowest BCUT2D eigenvalue weighted by atomic mass is 10.1. The van der Waals surface area contributed by atoms with Gasteiger partial charge >= 0.3 is 0 Å². The third-order valence-corrected chi connectivity index (χ3v) is 3.97. The molecule has 0 radical (unpaired) electrons. The number of anilines is 1. The van der Waals surface area contributed by atoms with Crippen molar-refractivity contribution in [1.82, 2.24) is 0 Å². The molecule has 0 fully saturated rings. The van der Waals surface area contributed by atoms with Gasteiger partial charge in [0.25, 0.3) is 0 Å². The molecular formula is C16H15Cl2NO2. The van der Waals surface area contributed by atoms with Gasteiger partial charge in [0.2, 0.25) is 0 Å². The van der Waals surface area contributed by atoms with Crippen molar-refractivity contribution >= 4 is 28.9 Å². The van der Waals surface area contributed by atoms with Gasteiger partial charge < -0.3 is 14.8 Å². The standard InChI is InChI=1S/C16H15Cl2NO2/c1-20-15-3-2-13(8-14(15)18)19-9-11-7-12(17)6-10-4-5-21-16(10)11/h2-3,6-8,19H,4-5,9H2,1H3. The van der Waals surface area contributed by atoms with Crippen LogP contribution >= 0.6 is 23.2 Å². The predicted octanol–water partition coefficient (Wildman–Crippen LogP) is 4.55. The lowest BCUT2D eigenvalue weighted by Crippen LogP contribution is -2.02. The summed E-state index contributed by atoms with van der Waals surface area (Å²) in [6, 6.07) is 9.51. The first-order valence-electron chi connectivity index (χ1n) is 6.69. The van der Waals surface area contributed by atoms with Crippen molar-refractivity contribution in [2.45, 2.75) is 13.0 Å². The van der Waals surface area contributed by atoms with Crippen molar-refractivity contribution in [3.05, 3.63) is 51.5 Å². The Morgan fingerprint density at radius 1 is 1.24 bits per heavy atom. The molecule has 5 heteroatoms. The molecule has 0 amide bonds. The molecule has 0 saturated carbocycles. The minimum atomic E-state index is 0.579. The van der Waals surface area contributed by atoms with Gasteiger partial charge in [-0.3, -0.25) is 0 Å². The Bertz CT molecular complexity index is 674. The van der Waals surface area contributed by atoms with Gasteiger partial charge in [-0.2, -0.15) is 0 Å². The van der Waals surface area contributed by atoms with Crippen molar-refractivity contribution in [1.29, 1.82) is 0 Å². The van der Waals surface area contributed by atoms with E-state index in [4.69, 9.17) is 32.7 Å². The van der Waals surface area contributed by atoms with Crippen molar-refractivity contribution in [2.75, 3.05) is 19.0 Å². The van der Waals surface area contributed by atoms with Gasteiger partial charge in [-0.05, 0) is 35.9 Å². The second-order valence-electron chi connectivity index (χ2n) is 4.85. The van der Waals surface area contributed by atoms with Crippen LogP contribution < -0.4 is 14.8 Å². The molecule has 21 heavy (non-hydrogen) atoms. The predicted molar refractivity (Wildman–Crippen MR) is 86.0 cm³/mol. The van der Waals surface area contributed by atoms with Crippen molar-refractivity contribution < 1.29 is 9.47 Å². The van der Waals surface area contributed by atoms with Crippen LogP contribution in [-0.4, -0.2) is 13.7 Å². The van der Waals surface area contributed by atoms with Crippen LogP contribution in [-0.2, 0) is 13.0 Å². The van der Waals surface area contributed by atoms with E-state index >= 15 is 0 Å². The molecule has 2 aromatic rings. The smallest absolute Gasteiger partial charge is 0.137 e. The maximum absolute atomic E-state index is 6.15. The number of rotatable bonds is 4. The molecule has 0 spiro atoms. The molecule has 0 aliphatic carbocycles. The van der Waals surface area contributed by atoms with Gasteiger partial charge in [-0.15, -0.1) is 0 Å². The maximum atomic E-state index is 6.15. The highest BCUT2D eigenvalue weighted by Gasteiger charge is 2.17. The summed E-state index contributed by atoms with van der Waals surface area (Å²) < 4.78 is 10.8. The minimum absolute atomic E-state index is 0.579. The first-order valence-corrected chi connectivity index (χ1v) is 7.44. The highest BCUT2D eigenvalue weighted by atomic mass is 35.5. The summed E-state index contributed by atoms with van der Waals surface area (Å²) in [6.07, 6.45) is 0.914. The third-order valence-electron chi connectivity index (χ3n) is 3.46. The number of benzene rings is 2. The Balaban J connectivity index is 1.78. The molecule has 1 N–H and O–H groups in total. The molecule has 1 heterocycles. The molecular weight excluding hydrogens is 309 g/mol. The number of methoxy groups -OCH3 is 1. The molecule has 0 bridgehead atoms. The van der Waals surface area contributed by atoms with E-state index in [1.165, 1.54) is 5.56 Å². The minimum Gasteiger partial charge on any atom is -0.495 e. The lowest BCUT2D eigenvalue weighted by molar-refractivity contribution is 0.354. The monoisotopic (exact) mass is 323 g/mol. The van der Waals surface area contributed by atoms with E-state index < -0.39 is 0 Å². The molecule has 0 atom stereocenters. The van der Waals surface area contributed by atoms with Crippen LogP contribution in [0.4, 0.5) is 5.69 Å². The Labute approximate surface area is 133 Å². The summed E-state index contributed by atoms with van der Waals surface area (Å²) in [4.78, 5) is 0. The number of hydrogen-bond acceptors (Lipinski definition) is 3. The van der Waals surface area contributed by atoms with Crippen LogP contribution in [0.5, 0.6) is 11.5 Å². The average Bonchev–Trinajstić information content (AvgIpc) is 2.93. The fraction of sp³-hybridized carbons (Fsp3) is 0.250. The van der Waals surface area contributed by atoms with E-state index in [-0.39, 0.29) is 0 Å². The van der Waals surface area contributed by atoms with E-state index in [0.29, 0.717) is 17.3 Å². The Hall–Kier alpha value is -1.58. The maximum Gasteiger partial charge on any atom is 0.137 e. The Morgan fingerprint density at radius 3 is 2.86 bits per heavy atom. The molecule has 1 aliphatic rings. The quantitative estimate of drug-likeness (QED) is 0.895. The zero-order valence-corrected chi connectivity index (χ0v) is 13.1. The molecule has 0 aromatic heterocycles. The van der Waals surface area contributed by atoms with Crippen LogP contribution in [0, 0.1) is 0 Å². The summed E-state index contributed by atoms with van der Waals surface area (Å²) in [5.74, 6) is 1.61. The van der Waals surface area contributed by atoms with Gasteiger partial charge in [0.1, 0.15) is 11.5 Å². The lowest BCUT2D eigenvalue weighted by Gasteiger charge is -2.12. The second-order valence-corrected chi connectivity index (χ2v) is 5.70. The number of ether oxygens (including phenoxy) is 2. The molecule has 2 aromatic carbocycles. The highest BCUT2D eigenvalue weighted by molar-refractivity contribution is 6.32. The third kappa shape index (κ3) is 3.04. The number of halogens is 2. The average molecular weight is 324 g/mol. The normalized spacial score (nSPS) is 12.7. The van der Waals surface area contributed by atoms with Gasteiger partial charge in [0.15, 0.2) is 0 Å². The van der Waals surface area contributed by atoms with E-state index in [1.807, 2.05) is 30.3 Å². The number of fused-ring (bicyclic) bond motifs is 1. The summed E-state index contributed by atoms with van der Waals surface area (Å²) in [5.41, 5.74) is 3.15. The molecule has 3 rings (SSSR count). The first-order chi connectivity index (χ1) is 10.2. The van der Waals surface area contributed by atoms with Gasteiger partial charge in [-0.1, -0.05) is 23.2 Å². The van der Waals surface area contributed by atoms with Gasteiger partial charge in [0.05, 0.1) is 18.7 Å². The van der Waals surface area contributed by atoms with E-state index in [1.54, 1.807) is 7.11 Å². The van der Waals surface area contributed by atoms with Crippen LogP contribution in [0.2, 0.25) is 10.0 Å². The summed E-state index contributed by atoms with van der Waals surface area (Å²) >= 11 is 12.3. The summed E-state index contributed by atoms with van der Waals surface area (Å²) in [7, 11) is 1.60. The molecule has 0 unspecified atom stereocenters. The topological polar surface area (TPSA) is 30.5 Å². The zero-order chi connectivity index (χ0) is 14.8. The fourth-order valence-corrected chi connectivity index (χ4v) is 2.97. The Kier molecular flexibility index (Phi) is 4.13. The van der Waals surface area contributed by atoms with Crippen LogP contribution in [0.1, 0.15) is 11.1 Å². The molecule has 3 nitrogen and oxygen atoms in total. The van der Waals surface area contributed by atoms with Crippen molar-refractivity contribution in [2.24, 2.45) is 0 Å². The fourth-order valence-electron chi connectivity index (χ4n) is 2.45. The van der Waals surface area contributed by atoms with Crippen LogP contribution in [0.3, 0.4) is 0 Å². The zero-order valence-electron chi connectivity index (χ0n) is 11.6.